The van der Waals surface area contributed by atoms with Crippen LogP contribution in [0, 0.1) is 17.8 Å². The highest BCUT2D eigenvalue weighted by atomic mass is 32.2. The molecule has 3 rings (SSSR count). The summed E-state index contributed by atoms with van der Waals surface area (Å²) in [7, 11) is -2.45. The van der Waals surface area contributed by atoms with Gasteiger partial charge in [-0.05, 0) is 82.1 Å². The number of hydrogen-bond donors (Lipinski definition) is 1. The Bertz CT molecular complexity index is 1120. The Morgan fingerprint density at radius 1 is 1.11 bits per heavy atom. The van der Waals surface area contributed by atoms with Crippen molar-refractivity contribution >= 4 is 22.0 Å². The van der Waals surface area contributed by atoms with Gasteiger partial charge in [-0.15, -0.1) is 0 Å². The number of hydrogen-bond acceptors (Lipinski definition) is 5. The number of nitrogens with one attached hydrogen (secondary N) is 1. The lowest BCUT2D eigenvalue weighted by Crippen LogP contribution is -2.52. The molecule has 1 saturated heterocycles. The van der Waals surface area contributed by atoms with Gasteiger partial charge in [-0.25, -0.2) is 13.2 Å². The molecular weight excluding hydrogens is 523 g/mol. The van der Waals surface area contributed by atoms with Crippen LogP contribution >= 0.6 is 0 Å². The molecule has 1 aromatic rings. The van der Waals surface area contributed by atoms with E-state index in [4.69, 9.17) is 4.74 Å². The van der Waals surface area contributed by atoms with Gasteiger partial charge in [-0.3, -0.25) is 9.69 Å². The molecule has 0 aromatic heterocycles. The van der Waals surface area contributed by atoms with E-state index in [-0.39, 0.29) is 47.7 Å². The zero-order chi connectivity index (χ0) is 28.6. The molecule has 1 heterocycles. The van der Waals surface area contributed by atoms with Crippen molar-refractivity contribution in [3.8, 4) is 0 Å². The Kier molecular flexibility index (Phi) is 8.77. The number of likely N-dealkylation sites (N-methyl/N-ethyl adjacent to an activating group) is 1. The van der Waals surface area contributed by atoms with E-state index in [0.717, 1.165) is 24.3 Å². The minimum absolute atomic E-state index is 0.0247. The number of amides is 2. The molecule has 0 spiro atoms. The first kappa shape index (κ1) is 30.2. The van der Waals surface area contributed by atoms with Gasteiger partial charge in [0.05, 0.1) is 10.5 Å². The van der Waals surface area contributed by atoms with E-state index in [9.17, 15) is 31.2 Å². The number of rotatable bonds is 7. The van der Waals surface area contributed by atoms with Crippen molar-refractivity contribution in [3.63, 3.8) is 0 Å². The lowest BCUT2D eigenvalue weighted by Gasteiger charge is -2.32. The summed E-state index contributed by atoms with van der Waals surface area (Å²) in [5.74, 6) is -0.295. The molecule has 1 saturated carbocycles. The largest absolute Gasteiger partial charge is 0.444 e. The smallest absolute Gasteiger partial charge is 0.416 e. The summed E-state index contributed by atoms with van der Waals surface area (Å²) < 4.78 is 71.7. The second-order valence-corrected chi connectivity index (χ2v) is 13.6. The molecule has 2 aliphatic rings. The SMILES string of the molecule is CC(C)CC(C(=O)N[C@H]1CCC2CN(S(=O)(=O)c3ccc(C(F)(F)F)cc3)CC21)N(C)C(=O)OC(C)(C)C. The average Bonchev–Trinajstić information content (AvgIpc) is 3.37. The van der Waals surface area contributed by atoms with Gasteiger partial charge in [0.15, 0.2) is 0 Å². The third-order valence-corrected chi connectivity index (χ3v) is 8.96. The van der Waals surface area contributed by atoms with Crippen LogP contribution in [0.15, 0.2) is 29.2 Å². The maximum Gasteiger partial charge on any atom is 0.416 e. The number of alkyl halides is 3. The fourth-order valence-corrected chi connectivity index (χ4v) is 6.73. The lowest BCUT2D eigenvalue weighted by atomic mass is 9.96. The van der Waals surface area contributed by atoms with Crippen molar-refractivity contribution in [3.05, 3.63) is 29.8 Å². The lowest BCUT2D eigenvalue weighted by molar-refractivity contribution is -0.137. The highest BCUT2D eigenvalue weighted by Crippen LogP contribution is 2.40. The zero-order valence-electron chi connectivity index (χ0n) is 22.7. The van der Waals surface area contributed by atoms with Crippen LogP contribution in [0.3, 0.4) is 0 Å². The van der Waals surface area contributed by atoms with Crippen LogP contribution in [-0.2, 0) is 25.7 Å². The Balaban J connectivity index is 1.70. The van der Waals surface area contributed by atoms with Gasteiger partial charge in [0.25, 0.3) is 0 Å². The van der Waals surface area contributed by atoms with Gasteiger partial charge in [-0.2, -0.15) is 17.5 Å². The van der Waals surface area contributed by atoms with Gasteiger partial charge in [0.1, 0.15) is 11.6 Å². The second-order valence-electron chi connectivity index (χ2n) is 11.7. The van der Waals surface area contributed by atoms with E-state index in [2.05, 4.69) is 5.32 Å². The maximum atomic E-state index is 13.4. The van der Waals surface area contributed by atoms with E-state index in [1.165, 1.54) is 16.3 Å². The van der Waals surface area contributed by atoms with Crippen molar-refractivity contribution in [1.29, 1.82) is 0 Å². The van der Waals surface area contributed by atoms with Gasteiger partial charge in [-0.1, -0.05) is 13.8 Å². The molecule has 214 valence electrons. The minimum atomic E-state index is -4.55. The number of sulfonamides is 1. The summed E-state index contributed by atoms with van der Waals surface area (Å²) in [4.78, 5) is 27.1. The highest BCUT2D eigenvalue weighted by molar-refractivity contribution is 7.89. The van der Waals surface area contributed by atoms with Gasteiger partial charge in [0.2, 0.25) is 15.9 Å². The summed E-state index contributed by atoms with van der Waals surface area (Å²) in [6, 6.07) is 2.47. The highest BCUT2D eigenvalue weighted by Gasteiger charge is 2.47. The van der Waals surface area contributed by atoms with E-state index < -0.39 is 39.5 Å². The molecule has 8 nitrogen and oxygen atoms in total. The third-order valence-electron chi connectivity index (χ3n) is 7.12. The Morgan fingerprint density at radius 2 is 1.71 bits per heavy atom. The van der Waals surface area contributed by atoms with Crippen LogP contribution in [0.25, 0.3) is 0 Å². The van der Waals surface area contributed by atoms with Crippen LogP contribution in [0.5, 0.6) is 0 Å². The van der Waals surface area contributed by atoms with Gasteiger partial charge >= 0.3 is 12.3 Å². The summed E-state index contributed by atoms with van der Waals surface area (Å²) >= 11 is 0. The van der Waals surface area contributed by atoms with Crippen LogP contribution in [0.1, 0.15) is 59.4 Å². The first-order chi connectivity index (χ1) is 17.4. The fraction of sp³-hybridized carbons (Fsp3) is 0.692. The van der Waals surface area contributed by atoms with Crippen molar-refractivity contribution < 1.29 is 35.9 Å². The minimum Gasteiger partial charge on any atom is -0.444 e. The quantitative estimate of drug-likeness (QED) is 0.529. The van der Waals surface area contributed by atoms with Crippen LogP contribution in [-0.4, -0.2) is 67.4 Å². The zero-order valence-corrected chi connectivity index (χ0v) is 23.5. The van der Waals surface area contributed by atoms with Crippen LogP contribution < -0.4 is 5.32 Å². The number of nitrogens with zero attached hydrogens (tertiary/aromatic N) is 2. The van der Waals surface area contributed by atoms with Crippen LogP contribution in [0.2, 0.25) is 0 Å². The van der Waals surface area contributed by atoms with Gasteiger partial charge < -0.3 is 10.1 Å². The first-order valence-electron chi connectivity index (χ1n) is 12.8. The molecule has 38 heavy (non-hydrogen) atoms. The van der Waals surface area contributed by atoms with E-state index in [1.54, 1.807) is 20.8 Å². The number of fused-ring (bicyclic) bond motifs is 1. The summed E-state index contributed by atoms with van der Waals surface area (Å²) in [5, 5.41) is 3.06. The van der Waals surface area contributed by atoms with Crippen LogP contribution in [0.4, 0.5) is 18.0 Å². The topological polar surface area (TPSA) is 96.0 Å². The monoisotopic (exact) mass is 561 g/mol. The van der Waals surface area contributed by atoms with E-state index in [1.807, 2.05) is 13.8 Å². The second kappa shape index (κ2) is 11.0. The molecule has 1 aromatic carbocycles. The molecule has 1 N–H and O–H groups in total. The predicted octanol–water partition coefficient (Wildman–Crippen LogP) is 4.50. The number of benzene rings is 1. The molecule has 4 atom stereocenters. The molecule has 1 aliphatic carbocycles. The number of halogens is 3. The predicted molar refractivity (Wildman–Crippen MR) is 136 cm³/mol. The maximum absolute atomic E-state index is 13.4. The number of carbonyl (C=O) groups is 2. The number of carbonyl (C=O) groups excluding carboxylic acids is 2. The molecule has 3 unspecified atom stereocenters. The Morgan fingerprint density at radius 3 is 2.24 bits per heavy atom. The molecular formula is C26H38F3N3O5S. The van der Waals surface area contributed by atoms with Crippen molar-refractivity contribution in [1.82, 2.24) is 14.5 Å². The van der Waals surface area contributed by atoms with E-state index >= 15 is 0 Å². The van der Waals surface area contributed by atoms with Gasteiger partial charge in [0, 0.05) is 26.2 Å². The summed E-state index contributed by atoms with van der Waals surface area (Å²) in [6.07, 6.45) is -3.33. The third kappa shape index (κ3) is 6.99. The summed E-state index contributed by atoms with van der Waals surface area (Å²) in [6.45, 7) is 9.56. The standard InChI is InChI=1S/C26H38F3N3O5S/c1-16(2)13-22(31(6)24(34)37-25(3,4)5)23(33)30-21-12-7-17-14-32(15-20(17)21)38(35,36)19-10-8-18(9-11-19)26(27,28)29/h8-11,16-17,20-22H,7,12-15H2,1-6H3,(H,30,33)/t17?,20?,21-,22?/m0/s1. The Hall–Kier alpha value is -2.34. The molecule has 12 heteroatoms. The van der Waals surface area contributed by atoms with Crippen molar-refractivity contribution in [2.24, 2.45) is 17.8 Å². The molecule has 1 aliphatic heterocycles. The van der Waals surface area contributed by atoms with E-state index in [0.29, 0.717) is 19.3 Å². The normalized spacial score (nSPS) is 23.3. The first-order valence-corrected chi connectivity index (χ1v) is 14.3. The molecule has 2 amide bonds. The molecule has 0 radical (unpaired) electrons. The van der Waals surface area contributed by atoms with Crippen molar-refractivity contribution in [2.75, 3.05) is 20.1 Å². The number of ether oxygens (including phenoxy) is 1. The average molecular weight is 562 g/mol. The fourth-order valence-electron chi connectivity index (χ4n) is 5.19. The Labute approximate surface area is 222 Å². The summed E-state index contributed by atoms with van der Waals surface area (Å²) in [5.41, 5.74) is -1.63. The van der Waals surface area contributed by atoms with Crippen molar-refractivity contribution in [2.45, 2.75) is 82.6 Å². The molecule has 2 fully saturated rings. The molecule has 0 bridgehead atoms.